The molecule has 9 heteroatoms. The van der Waals surface area contributed by atoms with Gasteiger partial charge in [0.15, 0.2) is 0 Å². The van der Waals surface area contributed by atoms with Crippen molar-refractivity contribution in [2.24, 2.45) is 0 Å². The second-order valence-corrected chi connectivity index (χ2v) is 10.4. The molecule has 1 saturated heterocycles. The Balaban J connectivity index is 1.49. The Hall–Kier alpha value is -3.36. The fourth-order valence-electron chi connectivity index (χ4n) is 4.14. The summed E-state index contributed by atoms with van der Waals surface area (Å²) in [5.41, 5.74) is 3.63. The standard InChI is InChI=1S/C24H21ClN4O3S/c1-28(23-21-11-8-18(25)15-22(21)26-24(30)27-23)20-5-2-4-17(14-20)16-6-9-19(10-7-16)29-12-3-13-33(29,31)32/h2,4-11,14-15H,3,12-13H2,1H3,(H,26,27,30). The number of benzene rings is 3. The van der Waals surface area contributed by atoms with Crippen molar-refractivity contribution in [2.75, 3.05) is 28.6 Å². The minimum atomic E-state index is -3.21. The van der Waals surface area contributed by atoms with Gasteiger partial charge in [-0.05, 0) is 60.0 Å². The lowest BCUT2D eigenvalue weighted by Gasteiger charge is -2.21. The van der Waals surface area contributed by atoms with Crippen molar-refractivity contribution in [1.82, 2.24) is 9.97 Å². The molecule has 33 heavy (non-hydrogen) atoms. The molecule has 168 valence electrons. The smallest absolute Gasteiger partial charge is 0.329 e. The summed E-state index contributed by atoms with van der Waals surface area (Å²) in [6.45, 7) is 0.518. The van der Waals surface area contributed by atoms with Gasteiger partial charge in [-0.3, -0.25) is 4.31 Å². The van der Waals surface area contributed by atoms with Gasteiger partial charge in [-0.1, -0.05) is 35.9 Å². The molecule has 0 spiro atoms. The average Bonchev–Trinajstić information content (AvgIpc) is 3.16. The Labute approximate surface area is 196 Å². The van der Waals surface area contributed by atoms with Gasteiger partial charge in [0.05, 0.1) is 17.0 Å². The minimum Gasteiger partial charge on any atom is -0.329 e. The zero-order valence-corrected chi connectivity index (χ0v) is 19.4. The largest absolute Gasteiger partial charge is 0.347 e. The van der Waals surface area contributed by atoms with Crippen molar-refractivity contribution in [3.8, 4) is 11.1 Å². The highest BCUT2D eigenvalue weighted by molar-refractivity contribution is 7.93. The lowest BCUT2D eigenvalue weighted by atomic mass is 10.0. The number of nitrogens with one attached hydrogen (secondary N) is 1. The molecular weight excluding hydrogens is 460 g/mol. The molecule has 0 atom stereocenters. The van der Waals surface area contributed by atoms with Crippen LogP contribution in [0.15, 0.2) is 71.5 Å². The van der Waals surface area contributed by atoms with Crippen molar-refractivity contribution >= 4 is 49.7 Å². The number of aromatic nitrogens is 2. The fourth-order valence-corrected chi connectivity index (χ4v) is 5.87. The van der Waals surface area contributed by atoms with Crippen LogP contribution in [0.3, 0.4) is 0 Å². The quantitative estimate of drug-likeness (QED) is 0.463. The number of H-pyrrole nitrogens is 1. The van der Waals surface area contributed by atoms with E-state index in [1.807, 2.05) is 66.5 Å². The summed E-state index contributed by atoms with van der Waals surface area (Å²) in [5.74, 6) is 0.720. The first-order valence-electron chi connectivity index (χ1n) is 10.5. The Morgan fingerprint density at radius 1 is 1.03 bits per heavy atom. The Bertz CT molecular complexity index is 1520. The van der Waals surface area contributed by atoms with Crippen molar-refractivity contribution < 1.29 is 8.42 Å². The monoisotopic (exact) mass is 480 g/mol. The molecule has 5 rings (SSSR count). The van der Waals surface area contributed by atoms with Crippen LogP contribution in [0.1, 0.15) is 6.42 Å². The van der Waals surface area contributed by atoms with Crippen LogP contribution in [0, 0.1) is 0 Å². The van der Waals surface area contributed by atoms with Gasteiger partial charge in [0.1, 0.15) is 5.82 Å². The van der Waals surface area contributed by atoms with Gasteiger partial charge in [0.25, 0.3) is 0 Å². The van der Waals surface area contributed by atoms with E-state index < -0.39 is 15.7 Å². The lowest BCUT2D eigenvalue weighted by molar-refractivity contribution is 0.599. The highest BCUT2D eigenvalue weighted by Crippen LogP contribution is 2.32. The SMILES string of the molecule is CN(c1cccc(-c2ccc(N3CCCS3(=O)=O)cc2)c1)c1nc(=O)[nH]c2cc(Cl)ccc12. The van der Waals surface area contributed by atoms with Crippen LogP contribution in [-0.4, -0.2) is 37.7 Å². The van der Waals surface area contributed by atoms with Crippen molar-refractivity contribution in [2.45, 2.75) is 6.42 Å². The molecule has 7 nitrogen and oxygen atoms in total. The number of hydrogen-bond donors (Lipinski definition) is 1. The van der Waals surface area contributed by atoms with E-state index in [9.17, 15) is 13.2 Å². The first-order chi connectivity index (χ1) is 15.8. The summed E-state index contributed by atoms with van der Waals surface area (Å²) in [6, 6.07) is 20.7. The Morgan fingerprint density at radius 3 is 2.55 bits per heavy atom. The number of anilines is 3. The predicted octanol–water partition coefficient (Wildman–Crippen LogP) is 4.55. The molecule has 1 N–H and O–H groups in total. The minimum absolute atomic E-state index is 0.195. The fraction of sp³-hybridized carbons (Fsp3) is 0.167. The Kier molecular flexibility index (Phi) is 5.34. The molecule has 0 bridgehead atoms. The first kappa shape index (κ1) is 21.5. The van der Waals surface area contributed by atoms with Gasteiger partial charge in [-0.2, -0.15) is 4.98 Å². The second kappa shape index (κ2) is 8.20. The zero-order chi connectivity index (χ0) is 23.2. The summed E-state index contributed by atoms with van der Waals surface area (Å²) in [6.07, 6.45) is 0.649. The van der Waals surface area contributed by atoms with Crippen molar-refractivity contribution in [1.29, 1.82) is 0 Å². The van der Waals surface area contributed by atoms with E-state index in [0.29, 0.717) is 35.0 Å². The molecule has 3 aromatic carbocycles. The molecule has 1 fully saturated rings. The molecule has 1 aliphatic heterocycles. The van der Waals surface area contributed by atoms with E-state index in [4.69, 9.17) is 11.6 Å². The number of halogens is 1. The van der Waals surface area contributed by atoms with E-state index in [0.717, 1.165) is 22.2 Å². The third-order valence-electron chi connectivity index (χ3n) is 5.81. The van der Waals surface area contributed by atoms with E-state index in [2.05, 4.69) is 9.97 Å². The van der Waals surface area contributed by atoms with Crippen molar-refractivity contribution in [3.05, 3.63) is 82.2 Å². The van der Waals surface area contributed by atoms with E-state index in [1.165, 1.54) is 4.31 Å². The van der Waals surface area contributed by atoms with Gasteiger partial charge in [0, 0.05) is 29.7 Å². The number of sulfonamides is 1. The van der Waals surface area contributed by atoms with Crippen LogP contribution in [-0.2, 0) is 10.0 Å². The van der Waals surface area contributed by atoms with Gasteiger partial charge in [0.2, 0.25) is 10.0 Å². The van der Waals surface area contributed by atoms with Gasteiger partial charge in [-0.25, -0.2) is 13.2 Å². The maximum atomic E-state index is 12.2. The molecule has 0 amide bonds. The normalized spacial score (nSPS) is 15.2. The number of nitrogens with zero attached hydrogens (tertiary/aromatic N) is 3. The summed E-state index contributed by atoms with van der Waals surface area (Å²) < 4.78 is 25.8. The molecule has 0 aliphatic carbocycles. The van der Waals surface area contributed by atoms with Crippen molar-refractivity contribution in [3.63, 3.8) is 0 Å². The maximum absolute atomic E-state index is 12.2. The number of hydrogen-bond acceptors (Lipinski definition) is 5. The highest BCUT2D eigenvalue weighted by Gasteiger charge is 2.28. The predicted molar refractivity (Wildman–Crippen MR) is 133 cm³/mol. The number of aromatic amines is 1. The summed E-state index contributed by atoms with van der Waals surface area (Å²) in [4.78, 5) is 20.9. The van der Waals surface area contributed by atoms with Crippen LogP contribution in [0.5, 0.6) is 0 Å². The number of fused-ring (bicyclic) bond motifs is 1. The molecule has 0 unspecified atom stereocenters. The summed E-state index contributed by atoms with van der Waals surface area (Å²) in [7, 11) is -1.35. The third-order valence-corrected chi connectivity index (χ3v) is 7.92. The van der Waals surface area contributed by atoms with Crippen LogP contribution in [0.25, 0.3) is 22.0 Å². The summed E-state index contributed by atoms with van der Waals surface area (Å²) in [5, 5.41) is 1.31. The van der Waals surface area contributed by atoms with E-state index in [-0.39, 0.29) is 5.75 Å². The first-order valence-corrected chi connectivity index (χ1v) is 12.4. The van der Waals surface area contributed by atoms with Gasteiger partial charge < -0.3 is 9.88 Å². The second-order valence-electron chi connectivity index (χ2n) is 7.95. The Morgan fingerprint density at radius 2 is 1.82 bits per heavy atom. The zero-order valence-electron chi connectivity index (χ0n) is 17.8. The third kappa shape index (κ3) is 4.07. The van der Waals surface area contributed by atoms with Crippen LogP contribution in [0.4, 0.5) is 17.2 Å². The number of rotatable bonds is 4. The van der Waals surface area contributed by atoms with Crippen LogP contribution in [0.2, 0.25) is 5.02 Å². The average molecular weight is 481 g/mol. The molecular formula is C24H21ClN4O3S. The van der Waals surface area contributed by atoms with E-state index >= 15 is 0 Å². The van der Waals surface area contributed by atoms with Crippen LogP contribution < -0.4 is 14.9 Å². The molecule has 0 radical (unpaired) electrons. The lowest BCUT2D eigenvalue weighted by Crippen LogP contribution is -2.24. The maximum Gasteiger partial charge on any atom is 0.347 e. The molecule has 0 saturated carbocycles. The topological polar surface area (TPSA) is 86.4 Å². The molecule has 2 heterocycles. The highest BCUT2D eigenvalue weighted by atomic mass is 35.5. The van der Waals surface area contributed by atoms with E-state index in [1.54, 1.807) is 12.1 Å². The van der Waals surface area contributed by atoms with Gasteiger partial charge >= 0.3 is 5.69 Å². The molecule has 1 aliphatic rings. The van der Waals surface area contributed by atoms with Crippen LogP contribution >= 0.6 is 11.6 Å². The molecule has 4 aromatic rings. The van der Waals surface area contributed by atoms with Gasteiger partial charge in [-0.15, -0.1) is 0 Å². The molecule has 1 aromatic heterocycles. The summed E-state index contributed by atoms with van der Waals surface area (Å²) >= 11 is 6.08.